The smallest absolute Gasteiger partial charge is 0.126 e. The Bertz CT molecular complexity index is 271. The van der Waals surface area contributed by atoms with E-state index in [9.17, 15) is 13.9 Å². The molecule has 1 N–H and O–H groups in total. The lowest BCUT2D eigenvalue weighted by molar-refractivity contribution is 0.173. The third kappa shape index (κ3) is 2.94. The Hall–Kier alpha value is -0.670. The Morgan fingerprint density at radius 1 is 1.23 bits per heavy atom. The maximum Gasteiger partial charge on any atom is 0.126 e. The summed E-state index contributed by atoms with van der Waals surface area (Å²) in [7, 11) is 0. The Labute approximate surface area is 80.0 Å². The van der Waals surface area contributed by atoms with E-state index in [4.69, 9.17) is 11.6 Å². The lowest BCUT2D eigenvalue weighted by Gasteiger charge is -2.08. The summed E-state index contributed by atoms with van der Waals surface area (Å²) < 4.78 is 25.3. The molecular weight excluding hydrogens is 198 g/mol. The van der Waals surface area contributed by atoms with E-state index >= 15 is 0 Å². The molecule has 0 heterocycles. The molecule has 0 spiro atoms. The van der Waals surface area contributed by atoms with E-state index in [0.29, 0.717) is 0 Å². The summed E-state index contributed by atoms with van der Waals surface area (Å²) in [4.78, 5) is 0. The first-order valence-electron chi connectivity index (χ1n) is 3.83. The molecule has 0 aliphatic heterocycles. The van der Waals surface area contributed by atoms with E-state index < -0.39 is 17.7 Å². The van der Waals surface area contributed by atoms with Crippen LogP contribution in [-0.2, 0) is 0 Å². The quantitative estimate of drug-likeness (QED) is 0.754. The second-order valence-electron chi connectivity index (χ2n) is 2.70. The van der Waals surface area contributed by atoms with Crippen molar-refractivity contribution in [1.29, 1.82) is 0 Å². The molecule has 0 aliphatic rings. The number of alkyl halides is 1. The predicted molar refractivity (Wildman–Crippen MR) is 46.7 cm³/mol. The van der Waals surface area contributed by atoms with Gasteiger partial charge in [0.25, 0.3) is 0 Å². The van der Waals surface area contributed by atoms with E-state index in [1.807, 2.05) is 0 Å². The minimum atomic E-state index is -0.900. The standard InChI is InChI=1S/C9H9ClF2O/c10-2-1-9(13)6-3-7(11)5-8(12)4-6/h3-5,9,13H,1-2H2/t9-/m0/s1. The van der Waals surface area contributed by atoms with Crippen molar-refractivity contribution >= 4 is 11.6 Å². The molecule has 4 heteroatoms. The molecule has 0 aliphatic carbocycles. The molecule has 1 aromatic rings. The SMILES string of the molecule is O[C@@H](CCCl)c1cc(F)cc(F)c1. The molecule has 0 saturated heterocycles. The molecule has 0 amide bonds. The topological polar surface area (TPSA) is 20.2 Å². The third-order valence-corrected chi connectivity index (χ3v) is 1.87. The van der Waals surface area contributed by atoms with E-state index in [1.54, 1.807) is 0 Å². The second kappa shape index (κ2) is 4.53. The van der Waals surface area contributed by atoms with Gasteiger partial charge in [-0.2, -0.15) is 0 Å². The van der Waals surface area contributed by atoms with E-state index in [0.717, 1.165) is 18.2 Å². The summed E-state index contributed by atoms with van der Waals surface area (Å²) in [6.45, 7) is 0. The molecule has 13 heavy (non-hydrogen) atoms. The fourth-order valence-electron chi connectivity index (χ4n) is 1.04. The van der Waals surface area contributed by atoms with E-state index in [-0.39, 0.29) is 17.9 Å². The second-order valence-corrected chi connectivity index (χ2v) is 3.07. The summed E-state index contributed by atoms with van der Waals surface area (Å²) in [6, 6.07) is 2.96. The minimum Gasteiger partial charge on any atom is -0.388 e. The van der Waals surface area contributed by atoms with Crippen LogP contribution in [0.1, 0.15) is 18.1 Å². The average molecular weight is 207 g/mol. The van der Waals surface area contributed by atoms with Crippen molar-refractivity contribution in [2.24, 2.45) is 0 Å². The summed E-state index contributed by atoms with van der Waals surface area (Å²) >= 11 is 5.38. The predicted octanol–water partition coefficient (Wildman–Crippen LogP) is 2.63. The molecule has 0 unspecified atom stereocenters. The number of aliphatic hydroxyl groups excluding tert-OH is 1. The molecule has 72 valence electrons. The van der Waals surface area contributed by atoms with Crippen LogP contribution in [0.4, 0.5) is 8.78 Å². The molecule has 1 atom stereocenters. The highest BCUT2D eigenvalue weighted by Gasteiger charge is 2.09. The van der Waals surface area contributed by atoms with Gasteiger partial charge in [0.2, 0.25) is 0 Å². The number of hydrogen-bond donors (Lipinski definition) is 1. The average Bonchev–Trinajstić information content (AvgIpc) is 2.03. The fraction of sp³-hybridized carbons (Fsp3) is 0.333. The monoisotopic (exact) mass is 206 g/mol. The Balaban J connectivity index is 2.87. The molecule has 0 radical (unpaired) electrons. The summed E-state index contributed by atoms with van der Waals surface area (Å²) in [5.41, 5.74) is 0.221. The zero-order valence-corrected chi connectivity index (χ0v) is 7.56. The van der Waals surface area contributed by atoms with Crippen LogP contribution in [0, 0.1) is 11.6 Å². The van der Waals surface area contributed by atoms with Gasteiger partial charge in [0, 0.05) is 11.9 Å². The number of rotatable bonds is 3. The zero-order valence-electron chi connectivity index (χ0n) is 6.80. The highest BCUT2D eigenvalue weighted by atomic mass is 35.5. The lowest BCUT2D eigenvalue weighted by Crippen LogP contribution is -1.99. The molecule has 1 rings (SSSR count). The number of hydrogen-bond acceptors (Lipinski definition) is 1. The third-order valence-electron chi connectivity index (χ3n) is 1.65. The molecule has 0 saturated carbocycles. The van der Waals surface area contributed by atoms with E-state index in [2.05, 4.69) is 0 Å². The first kappa shape index (κ1) is 10.4. The first-order chi connectivity index (χ1) is 6.13. The van der Waals surface area contributed by atoms with Crippen molar-refractivity contribution in [3.63, 3.8) is 0 Å². The van der Waals surface area contributed by atoms with Gasteiger partial charge >= 0.3 is 0 Å². The van der Waals surface area contributed by atoms with Crippen LogP contribution >= 0.6 is 11.6 Å². The van der Waals surface area contributed by atoms with Crippen LogP contribution in [0.25, 0.3) is 0 Å². The van der Waals surface area contributed by atoms with Crippen molar-refractivity contribution in [3.8, 4) is 0 Å². The number of halogens is 3. The van der Waals surface area contributed by atoms with Gasteiger partial charge in [-0.15, -0.1) is 11.6 Å². The van der Waals surface area contributed by atoms with Crippen molar-refractivity contribution in [2.45, 2.75) is 12.5 Å². The number of benzene rings is 1. The highest BCUT2D eigenvalue weighted by Crippen LogP contribution is 2.19. The lowest BCUT2D eigenvalue weighted by atomic mass is 10.1. The van der Waals surface area contributed by atoms with Gasteiger partial charge in [0.1, 0.15) is 11.6 Å². The van der Waals surface area contributed by atoms with Crippen molar-refractivity contribution < 1.29 is 13.9 Å². The normalized spacial score (nSPS) is 12.9. The Kier molecular flexibility index (Phi) is 3.63. The van der Waals surface area contributed by atoms with Crippen LogP contribution in [0.5, 0.6) is 0 Å². The van der Waals surface area contributed by atoms with Crippen molar-refractivity contribution in [2.75, 3.05) is 5.88 Å². The van der Waals surface area contributed by atoms with Gasteiger partial charge in [-0.3, -0.25) is 0 Å². The van der Waals surface area contributed by atoms with Gasteiger partial charge in [-0.1, -0.05) is 0 Å². The maximum absolute atomic E-state index is 12.6. The van der Waals surface area contributed by atoms with Crippen molar-refractivity contribution in [3.05, 3.63) is 35.4 Å². The molecule has 0 aromatic heterocycles. The van der Waals surface area contributed by atoms with Gasteiger partial charge in [0.05, 0.1) is 6.10 Å². The van der Waals surface area contributed by atoms with Gasteiger partial charge < -0.3 is 5.11 Å². The minimum absolute atomic E-state index is 0.221. The van der Waals surface area contributed by atoms with Crippen LogP contribution < -0.4 is 0 Å². The number of aliphatic hydroxyl groups is 1. The van der Waals surface area contributed by atoms with Crippen molar-refractivity contribution in [1.82, 2.24) is 0 Å². The van der Waals surface area contributed by atoms with Crippen LogP contribution in [0.2, 0.25) is 0 Å². The Morgan fingerprint density at radius 2 is 1.77 bits per heavy atom. The summed E-state index contributed by atoms with van der Waals surface area (Å²) in [5.74, 6) is -1.13. The van der Waals surface area contributed by atoms with Gasteiger partial charge in [0.15, 0.2) is 0 Å². The largest absolute Gasteiger partial charge is 0.388 e. The summed E-state index contributed by atoms with van der Waals surface area (Å²) in [5, 5.41) is 9.35. The molecule has 0 bridgehead atoms. The molecule has 0 fully saturated rings. The van der Waals surface area contributed by atoms with Crippen LogP contribution in [-0.4, -0.2) is 11.0 Å². The summed E-state index contributed by atoms with van der Waals surface area (Å²) in [6.07, 6.45) is -0.618. The maximum atomic E-state index is 12.6. The molecule has 1 nitrogen and oxygen atoms in total. The molecule has 1 aromatic carbocycles. The van der Waals surface area contributed by atoms with Gasteiger partial charge in [-0.05, 0) is 24.1 Å². The van der Waals surface area contributed by atoms with E-state index in [1.165, 1.54) is 0 Å². The molecular formula is C9H9ClF2O. The van der Waals surface area contributed by atoms with Crippen LogP contribution in [0.15, 0.2) is 18.2 Å². The van der Waals surface area contributed by atoms with Gasteiger partial charge in [-0.25, -0.2) is 8.78 Å². The first-order valence-corrected chi connectivity index (χ1v) is 4.37. The van der Waals surface area contributed by atoms with Crippen LogP contribution in [0.3, 0.4) is 0 Å². The highest BCUT2D eigenvalue weighted by molar-refractivity contribution is 6.17. The zero-order chi connectivity index (χ0) is 9.84. The Morgan fingerprint density at radius 3 is 2.23 bits per heavy atom. The fourth-order valence-corrected chi connectivity index (χ4v) is 1.24.